The van der Waals surface area contributed by atoms with Crippen molar-refractivity contribution in [2.24, 2.45) is 28.6 Å². The highest BCUT2D eigenvalue weighted by Gasteiger charge is 2.72. The molecule has 0 radical (unpaired) electrons. The lowest BCUT2D eigenvalue weighted by Crippen LogP contribution is -2.61. The molecule has 0 bridgehead atoms. The fourth-order valence-corrected chi connectivity index (χ4v) is 7.55. The number of hydrogen-bond donors (Lipinski definition) is 1. The molecule has 3 saturated carbocycles. The standard InChI is InChI=1S/C24H31ClO7/c1-4-30-21(29)32-24(20(28)31-13-25)10-7-17-16-6-9-23(8-5-15(26)11-14(23)2)19(16)18(27)12-22(17,24)3/h5,8,11,16-19,27H,4,6-7,9-10,12-13H2,1-3H3/t16?,17?,18-,19?,22-,23+,24-/m0/s1. The molecule has 4 rings (SSSR count). The van der Waals surface area contributed by atoms with Crippen molar-refractivity contribution in [2.45, 2.75) is 64.6 Å². The van der Waals surface area contributed by atoms with Gasteiger partial charge in [-0.2, -0.15) is 0 Å². The maximum Gasteiger partial charge on any atom is 0.509 e. The van der Waals surface area contributed by atoms with Crippen LogP contribution in [0.5, 0.6) is 0 Å². The van der Waals surface area contributed by atoms with E-state index in [9.17, 15) is 19.5 Å². The molecule has 1 spiro atoms. The van der Waals surface area contributed by atoms with Crippen LogP contribution in [0.1, 0.15) is 52.9 Å². The van der Waals surface area contributed by atoms with E-state index in [1.807, 2.05) is 19.9 Å². The van der Waals surface area contributed by atoms with Crippen LogP contribution in [0.25, 0.3) is 0 Å². The summed E-state index contributed by atoms with van der Waals surface area (Å²) in [5, 5.41) is 11.5. The Kier molecular flexibility index (Phi) is 5.95. The molecule has 0 saturated heterocycles. The van der Waals surface area contributed by atoms with Crippen molar-refractivity contribution in [1.29, 1.82) is 0 Å². The van der Waals surface area contributed by atoms with Crippen molar-refractivity contribution < 1.29 is 33.7 Å². The van der Waals surface area contributed by atoms with Gasteiger partial charge in [0.1, 0.15) is 0 Å². The number of hydrogen-bond acceptors (Lipinski definition) is 7. The molecule has 176 valence electrons. The minimum absolute atomic E-state index is 0.0294. The molecule has 0 aromatic carbocycles. The molecule has 7 atom stereocenters. The number of allylic oxidation sites excluding steroid dienone is 4. The van der Waals surface area contributed by atoms with E-state index in [1.165, 1.54) is 0 Å². The van der Waals surface area contributed by atoms with Crippen LogP contribution in [0.3, 0.4) is 0 Å². The molecular formula is C24H31ClO7. The summed E-state index contributed by atoms with van der Waals surface area (Å²) in [6.45, 7) is 5.65. The molecule has 7 nitrogen and oxygen atoms in total. The smallest absolute Gasteiger partial charge is 0.446 e. The Bertz CT molecular complexity index is 882. The molecule has 32 heavy (non-hydrogen) atoms. The first kappa shape index (κ1) is 23.3. The Morgan fingerprint density at radius 3 is 2.66 bits per heavy atom. The summed E-state index contributed by atoms with van der Waals surface area (Å²) in [7, 11) is 0. The molecule has 0 aromatic rings. The van der Waals surface area contributed by atoms with Crippen molar-refractivity contribution in [3.8, 4) is 0 Å². The van der Waals surface area contributed by atoms with Crippen molar-refractivity contribution in [2.75, 3.05) is 12.7 Å². The van der Waals surface area contributed by atoms with Crippen LogP contribution in [0.2, 0.25) is 0 Å². The molecule has 0 amide bonds. The minimum atomic E-state index is -1.57. The largest absolute Gasteiger partial charge is 0.509 e. The number of ether oxygens (including phenoxy) is 3. The van der Waals surface area contributed by atoms with Gasteiger partial charge in [0.25, 0.3) is 0 Å². The number of halogens is 1. The lowest BCUT2D eigenvalue weighted by atomic mass is 9.52. The molecule has 0 aliphatic heterocycles. The van der Waals surface area contributed by atoms with Crippen molar-refractivity contribution in [3.63, 3.8) is 0 Å². The van der Waals surface area contributed by atoms with Crippen LogP contribution < -0.4 is 0 Å². The highest BCUT2D eigenvalue weighted by atomic mass is 35.5. The normalized spacial score (nSPS) is 42.3. The van der Waals surface area contributed by atoms with Gasteiger partial charge in [0.2, 0.25) is 5.60 Å². The minimum Gasteiger partial charge on any atom is -0.446 e. The molecule has 3 fully saturated rings. The fraction of sp³-hybridized carbons (Fsp3) is 0.708. The first-order valence-corrected chi connectivity index (χ1v) is 11.9. The zero-order valence-electron chi connectivity index (χ0n) is 18.8. The summed E-state index contributed by atoms with van der Waals surface area (Å²) < 4.78 is 15.9. The predicted molar refractivity (Wildman–Crippen MR) is 116 cm³/mol. The van der Waals surface area contributed by atoms with Gasteiger partial charge in [-0.1, -0.05) is 30.2 Å². The summed E-state index contributed by atoms with van der Waals surface area (Å²) >= 11 is 5.69. The van der Waals surface area contributed by atoms with Gasteiger partial charge in [-0.15, -0.1) is 0 Å². The number of rotatable bonds is 4. The number of ketones is 1. The first-order valence-electron chi connectivity index (χ1n) is 11.3. The second-order valence-electron chi connectivity index (χ2n) is 9.82. The van der Waals surface area contributed by atoms with Crippen LogP contribution >= 0.6 is 11.6 Å². The van der Waals surface area contributed by atoms with E-state index < -0.39 is 29.2 Å². The molecule has 0 heterocycles. The van der Waals surface area contributed by atoms with E-state index >= 15 is 0 Å². The van der Waals surface area contributed by atoms with Gasteiger partial charge in [-0.25, -0.2) is 9.59 Å². The molecule has 1 N–H and O–H groups in total. The Morgan fingerprint density at radius 1 is 1.25 bits per heavy atom. The van der Waals surface area contributed by atoms with Crippen LogP contribution in [0.4, 0.5) is 4.79 Å². The second-order valence-corrected chi connectivity index (χ2v) is 10.0. The van der Waals surface area contributed by atoms with E-state index in [0.717, 1.165) is 18.4 Å². The number of fused-ring (bicyclic) bond motifs is 4. The number of carbonyl (C=O) groups is 3. The number of alkyl halides is 1. The van der Waals surface area contributed by atoms with E-state index in [2.05, 4.69) is 0 Å². The van der Waals surface area contributed by atoms with Crippen LogP contribution in [-0.2, 0) is 23.8 Å². The third-order valence-electron chi connectivity index (χ3n) is 8.73. The SMILES string of the molecule is CCOC(=O)O[C@]1(C(=O)OCCl)CCC2C3CC[C@@]4(C=CC(=O)C=C4C)C3[C@@H](O)C[C@@]21C. The van der Waals surface area contributed by atoms with Gasteiger partial charge in [0, 0.05) is 16.7 Å². The highest BCUT2D eigenvalue weighted by Crippen LogP contribution is 2.69. The van der Waals surface area contributed by atoms with Crippen LogP contribution in [0, 0.1) is 28.6 Å². The Morgan fingerprint density at radius 2 is 2.00 bits per heavy atom. The first-order chi connectivity index (χ1) is 15.1. The Labute approximate surface area is 193 Å². The van der Waals surface area contributed by atoms with Gasteiger partial charge < -0.3 is 19.3 Å². The van der Waals surface area contributed by atoms with E-state index in [-0.39, 0.29) is 54.5 Å². The second kappa shape index (κ2) is 8.17. The topological polar surface area (TPSA) is 99.1 Å². The Balaban J connectivity index is 1.72. The zero-order valence-corrected chi connectivity index (χ0v) is 19.5. The zero-order chi connectivity index (χ0) is 23.3. The quantitative estimate of drug-likeness (QED) is 0.495. The number of esters is 1. The van der Waals surface area contributed by atoms with Gasteiger partial charge in [-0.3, -0.25) is 4.79 Å². The molecule has 4 aliphatic rings. The highest BCUT2D eigenvalue weighted by molar-refractivity contribution is 6.17. The predicted octanol–water partition coefficient (Wildman–Crippen LogP) is 3.92. The third kappa shape index (κ3) is 3.15. The molecule has 4 aliphatic carbocycles. The van der Waals surface area contributed by atoms with Gasteiger partial charge in [-0.05, 0) is 69.9 Å². The number of aliphatic hydroxyl groups is 1. The fourth-order valence-electron chi connectivity index (χ4n) is 7.45. The van der Waals surface area contributed by atoms with E-state index in [4.69, 9.17) is 25.8 Å². The van der Waals surface area contributed by atoms with E-state index in [0.29, 0.717) is 6.42 Å². The summed E-state index contributed by atoms with van der Waals surface area (Å²) in [6, 6.07) is -0.353. The summed E-state index contributed by atoms with van der Waals surface area (Å²) in [4.78, 5) is 37.4. The van der Waals surface area contributed by atoms with Crippen molar-refractivity contribution in [3.05, 3.63) is 23.8 Å². The molecule has 0 aromatic heterocycles. The van der Waals surface area contributed by atoms with Gasteiger partial charge >= 0.3 is 12.1 Å². The van der Waals surface area contributed by atoms with Gasteiger partial charge in [0.15, 0.2) is 11.8 Å². The van der Waals surface area contributed by atoms with Crippen LogP contribution in [0.15, 0.2) is 23.8 Å². The number of aliphatic hydroxyl groups excluding tert-OH is 1. The lowest BCUT2D eigenvalue weighted by Gasteiger charge is -2.54. The summed E-state index contributed by atoms with van der Waals surface area (Å²) in [5.41, 5.74) is -1.78. The Hall–Kier alpha value is -1.86. The maximum atomic E-state index is 13.2. The van der Waals surface area contributed by atoms with Crippen LogP contribution in [-0.4, -0.2) is 47.4 Å². The molecule has 3 unspecified atom stereocenters. The average Bonchev–Trinajstić information content (AvgIpc) is 3.23. The average molecular weight is 467 g/mol. The lowest BCUT2D eigenvalue weighted by molar-refractivity contribution is -0.195. The maximum absolute atomic E-state index is 13.2. The molecular weight excluding hydrogens is 436 g/mol. The molecule has 8 heteroatoms. The third-order valence-corrected chi connectivity index (χ3v) is 8.84. The van der Waals surface area contributed by atoms with Gasteiger partial charge in [0.05, 0.1) is 12.7 Å². The van der Waals surface area contributed by atoms with Crippen molar-refractivity contribution >= 4 is 29.5 Å². The van der Waals surface area contributed by atoms with E-state index in [1.54, 1.807) is 19.1 Å². The van der Waals surface area contributed by atoms with Crippen molar-refractivity contribution in [1.82, 2.24) is 0 Å². The summed E-state index contributed by atoms with van der Waals surface area (Å²) in [6.07, 6.45) is 6.48. The number of carbonyl (C=O) groups excluding carboxylic acids is 3. The monoisotopic (exact) mass is 466 g/mol. The summed E-state index contributed by atoms with van der Waals surface area (Å²) in [5.74, 6) is -0.641.